The topological polar surface area (TPSA) is 49.8 Å². The highest BCUT2D eigenvalue weighted by Crippen LogP contribution is 2.45. The van der Waals surface area contributed by atoms with Crippen molar-refractivity contribution in [2.75, 3.05) is 0 Å². The second kappa shape index (κ2) is 6.24. The Morgan fingerprint density at radius 2 is 1.80 bits per heavy atom. The Bertz CT molecular complexity index is 657. The van der Waals surface area contributed by atoms with Gasteiger partial charge in [0.2, 0.25) is 0 Å². The van der Waals surface area contributed by atoms with E-state index in [0.717, 1.165) is 31.4 Å². The van der Waals surface area contributed by atoms with E-state index >= 15 is 0 Å². The van der Waals surface area contributed by atoms with E-state index in [1.807, 2.05) is 20.8 Å². The van der Waals surface area contributed by atoms with Gasteiger partial charge in [-0.25, -0.2) is 13.6 Å². The predicted octanol–water partition coefficient (Wildman–Crippen LogP) is 4.10. The molecule has 2 aliphatic rings. The van der Waals surface area contributed by atoms with E-state index < -0.39 is 22.8 Å². The maximum Gasteiger partial charge on any atom is 0.410 e. The number of rotatable bonds is 1. The molecule has 4 nitrogen and oxygen atoms in total. The normalized spacial score (nSPS) is 29.4. The molecular weight excluding hydrogens is 328 g/mol. The molecule has 1 N–H and O–H groups in total. The van der Waals surface area contributed by atoms with Gasteiger partial charge in [0.05, 0.1) is 5.60 Å². The molecule has 2 bridgehead atoms. The van der Waals surface area contributed by atoms with Crippen LogP contribution < -0.4 is 0 Å². The third kappa shape index (κ3) is 3.64. The summed E-state index contributed by atoms with van der Waals surface area (Å²) >= 11 is 0. The third-order valence-electron chi connectivity index (χ3n) is 5.07. The lowest BCUT2D eigenvalue weighted by atomic mass is 9.72. The number of piperidine rings is 2. The van der Waals surface area contributed by atoms with Gasteiger partial charge in [-0.15, -0.1) is 0 Å². The van der Waals surface area contributed by atoms with Crippen molar-refractivity contribution in [1.29, 1.82) is 0 Å². The van der Waals surface area contributed by atoms with Crippen molar-refractivity contribution >= 4 is 6.09 Å². The van der Waals surface area contributed by atoms with Crippen molar-refractivity contribution in [1.82, 2.24) is 4.90 Å². The number of hydrogen-bond acceptors (Lipinski definition) is 3. The molecule has 1 amide bonds. The SMILES string of the molecule is CC(C)(C)OC(=O)N1C2CCCC1CC(O)(c1ccc(F)c(F)c1)C2. The number of fused-ring (bicyclic) bond motifs is 2. The van der Waals surface area contributed by atoms with Crippen LogP contribution in [0.3, 0.4) is 0 Å². The van der Waals surface area contributed by atoms with Gasteiger partial charge in [-0.05, 0) is 57.7 Å². The number of carbonyl (C=O) groups excluding carboxylic acids is 1. The number of hydrogen-bond donors (Lipinski definition) is 1. The van der Waals surface area contributed by atoms with Crippen LogP contribution in [0.4, 0.5) is 13.6 Å². The molecule has 0 aromatic heterocycles. The van der Waals surface area contributed by atoms with E-state index in [1.54, 1.807) is 4.90 Å². The lowest BCUT2D eigenvalue weighted by molar-refractivity contribution is -0.0966. The Morgan fingerprint density at radius 3 is 2.32 bits per heavy atom. The highest BCUT2D eigenvalue weighted by atomic mass is 19.2. The number of amides is 1. The van der Waals surface area contributed by atoms with Crippen LogP contribution in [0.2, 0.25) is 0 Å². The molecule has 1 aromatic carbocycles. The van der Waals surface area contributed by atoms with E-state index in [1.165, 1.54) is 6.07 Å². The number of carbonyl (C=O) groups is 1. The summed E-state index contributed by atoms with van der Waals surface area (Å²) < 4.78 is 32.4. The molecule has 2 saturated heterocycles. The largest absolute Gasteiger partial charge is 0.444 e. The number of aliphatic hydroxyl groups is 1. The summed E-state index contributed by atoms with van der Waals surface area (Å²) in [5.41, 5.74) is -1.48. The first kappa shape index (κ1) is 18.1. The summed E-state index contributed by atoms with van der Waals surface area (Å²) in [6.07, 6.45) is 2.74. The molecule has 0 saturated carbocycles. The molecule has 0 radical (unpaired) electrons. The molecule has 2 fully saturated rings. The molecule has 2 aliphatic heterocycles. The average molecular weight is 353 g/mol. The van der Waals surface area contributed by atoms with Crippen LogP contribution in [0.15, 0.2) is 18.2 Å². The van der Waals surface area contributed by atoms with Gasteiger partial charge in [-0.2, -0.15) is 0 Å². The molecule has 2 heterocycles. The van der Waals surface area contributed by atoms with Crippen LogP contribution in [-0.4, -0.2) is 33.8 Å². The molecule has 25 heavy (non-hydrogen) atoms. The average Bonchev–Trinajstić information content (AvgIpc) is 2.47. The van der Waals surface area contributed by atoms with Gasteiger partial charge >= 0.3 is 6.09 Å². The first-order chi connectivity index (χ1) is 11.6. The van der Waals surface area contributed by atoms with Gasteiger partial charge in [0.25, 0.3) is 0 Å². The summed E-state index contributed by atoms with van der Waals surface area (Å²) in [4.78, 5) is 14.3. The zero-order valence-corrected chi connectivity index (χ0v) is 14.9. The van der Waals surface area contributed by atoms with Gasteiger partial charge in [-0.3, -0.25) is 0 Å². The number of benzene rings is 1. The van der Waals surface area contributed by atoms with E-state index in [9.17, 15) is 18.7 Å². The Hall–Kier alpha value is -1.69. The van der Waals surface area contributed by atoms with Crippen molar-refractivity contribution in [3.63, 3.8) is 0 Å². The van der Waals surface area contributed by atoms with E-state index in [-0.39, 0.29) is 18.2 Å². The molecular formula is C19H25F2NO3. The van der Waals surface area contributed by atoms with Gasteiger partial charge in [-0.1, -0.05) is 6.07 Å². The Labute approximate surface area is 146 Å². The Balaban J connectivity index is 1.85. The van der Waals surface area contributed by atoms with Crippen molar-refractivity contribution in [2.45, 2.75) is 76.2 Å². The molecule has 138 valence electrons. The van der Waals surface area contributed by atoms with E-state index in [2.05, 4.69) is 0 Å². The fraction of sp³-hybridized carbons (Fsp3) is 0.632. The lowest BCUT2D eigenvalue weighted by Crippen LogP contribution is -2.59. The lowest BCUT2D eigenvalue weighted by Gasteiger charge is -2.51. The van der Waals surface area contributed by atoms with Crippen LogP contribution in [0.25, 0.3) is 0 Å². The zero-order chi connectivity index (χ0) is 18.4. The minimum atomic E-state index is -1.26. The maximum absolute atomic E-state index is 13.6. The van der Waals surface area contributed by atoms with Crippen molar-refractivity contribution in [3.05, 3.63) is 35.4 Å². The first-order valence-corrected chi connectivity index (χ1v) is 8.78. The summed E-state index contributed by atoms with van der Waals surface area (Å²) in [5.74, 6) is -1.90. The van der Waals surface area contributed by atoms with Gasteiger partial charge < -0.3 is 14.7 Å². The molecule has 2 atom stereocenters. The summed E-state index contributed by atoms with van der Waals surface area (Å²) in [7, 11) is 0. The maximum atomic E-state index is 13.6. The molecule has 3 rings (SSSR count). The van der Waals surface area contributed by atoms with E-state index in [0.29, 0.717) is 18.4 Å². The van der Waals surface area contributed by atoms with Crippen LogP contribution in [0.1, 0.15) is 58.4 Å². The number of nitrogens with zero attached hydrogens (tertiary/aromatic N) is 1. The summed E-state index contributed by atoms with van der Waals surface area (Å²) in [6, 6.07) is 3.20. The van der Waals surface area contributed by atoms with Crippen LogP contribution in [0.5, 0.6) is 0 Å². The Morgan fingerprint density at radius 1 is 1.20 bits per heavy atom. The molecule has 0 spiro atoms. The fourth-order valence-electron chi connectivity index (χ4n) is 4.06. The quantitative estimate of drug-likeness (QED) is 0.827. The first-order valence-electron chi connectivity index (χ1n) is 8.78. The van der Waals surface area contributed by atoms with Crippen molar-refractivity contribution in [2.24, 2.45) is 0 Å². The monoisotopic (exact) mass is 353 g/mol. The zero-order valence-electron chi connectivity index (χ0n) is 14.9. The Kier molecular flexibility index (Phi) is 4.52. The van der Waals surface area contributed by atoms with E-state index in [4.69, 9.17) is 4.74 Å². The highest BCUT2D eigenvalue weighted by molar-refractivity contribution is 5.69. The van der Waals surface area contributed by atoms with Crippen LogP contribution in [0, 0.1) is 11.6 Å². The van der Waals surface area contributed by atoms with Gasteiger partial charge in [0.15, 0.2) is 11.6 Å². The fourth-order valence-corrected chi connectivity index (χ4v) is 4.06. The minimum Gasteiger partial charge on any atom is -0.444 e. The van der Waals surface area contributed by atoms with Crippen LogP contribution in [-0.2, 0) is 10.3 Å². The smallest absolute Gasteiger partial charge is 0.410 e. The molecule has 2 unspecified atom stereocenters. The highest BCUT2D eigenvalue weighted by Gasteiger charge is 2.49. The molecule has 0 aliphatic carbocycles. The summed E-state index contributed by atoms with van der Waals surface area (Å²) in [5, 5.41) is 11.1. The predicted molar refractivity (Wildman–Crippen MR) is 89.0 cm³/mol. The minimum absolute atomic E-state index is 0.166. The second-order valence-corrected chi connectivity index (χ2v) is 8.19. The van der Waals surface area contributed by atoms with Crippen molar-refractivity contribution in [3.8, 4) is 0 Å². The molecule has 6 heteroatoms. The third-order valence-corrected chi connectivity index (χ3v) is 5.07. The van der Waals surface area contributed by atoms with Gasteiger partial charge in [0.1, 0.15) is 5.60 Å². The number of ether oxygens (including phenoxy) is 1. The molecule has 1 aromatic rings. The van der Waals surface area contributed by atoms with Crippen LogP contribution >= 0.6 is 0 Å². The van der Waals surface area contributed by atoms with Crippen molar-refractivity contribution < 1.29 is 23.4 Å². The standard InChI is InChI=1S/C19H25F2NO3/c1-18(2,3)25-17(23)22-13-5-4-6-14(22)11-19(24,10-13)12-7-8-15(20)16(21)9-12/h7-9,13-14,24H,4-6,10-11H2,1-3H3. The second-order valence-electron chi connectivity index (χ2n) is 8.19. The summed E-state index contributed by atoms with van der Waals surface area (Å²) in [6.45, 7) is 5.47. The number of halogens is 2. The van der Waals surface area contributed by atoms with Gasteiger partial charge in [0, 0.05) is 24.9 Å².